The molecule has 2 N–H and O–H groups in total. The van der Waals surface area contributed by atoms with E-state index in [0.29, 0.717) is 24.3 Å². The van der Waals surface area contributed by atoms with Crippen LogP contribution in [0.3, 0.4) is 0 Å². The molecular formula is C19H23FN2O2. The van der Waals surface area contributed by atoms with E-state index in [1.54, 1.807) is 12.1 Å². The Morgan fingerprint density at radius 2 is 1.71 bits per heavy atom. The van der Waals surface area contributed by atoms with Gasteiger partial charge in [-0.25, -0.2) is 9.18 Å². The molecule has 5 heteroatoms. The molecule has 2 rings (SSSR count). The minimum atomic E-state index is -0.527. The summed E-state index contributed by atoms with van der Waals surface area (Å²) in [6.07, 6.45) is -0.479. The number of benzene rings is 2. The molecule has 0 aromatic heterocycles. The summed E-state index contributed by atoms with van der Waals surface area (Å²) in [5.74, 6) is -0.207. The van der Waals surface area contributed by atoms with Crippen LogP contribution in [0, 0.1) is 5.82 Å². The van der Waals surface area contributed by atoms with E-state index >= 15 is 0 Å². The molecule has 4 nitrogen and oxygen atoms in total. The van der Waals surface area contributed by atoms with Crippen molar-refractivity contribution in [1.82, 2.24) is 5.32 Å². The molecule has 0 aliphatic rings. The number of rotatable bonds is 5. The van der Waals surface area contributed by atoms with Crippen molar-refractivity contribution in [3.8, 4) is 0 Å². The fraction of sp³-hybridized carbons (Fsp3) is 0.316. The lowest BCUT2D eigenvalue weighted by atomic mass is 10.2. The minimum absolute atomic E-state index is 0.207. The molecule has 2 aromatic carbocycles. The molecule has 24 heavy (non-hydrogen) atoms. The van der Waals surface area contributed by atoms with Crippen LogP contribution in [-0.4, -0.2) is 11.7 Å². The maximum atomic E-state index is 13.5. The maximum absolute atomic E-state index is 13.5. The van der Waals surface area contributed by atoms with Crippen molar-refractivity contribution in [2.24, 2.45) is 0 Å². The lowest BCUT2D eigenvalue weighted by Gasteiger charge is -2.19. The second-order valence-corrected chi connectivity index (χ2v) is 6.52. The van der Waals surface area contributed by atoms with Crippen LogP contribution in [0.15, 0.2) is 48.5 Å². The molecule has 0 radical (unpaired) electrons. The van der Waals surface area contributed by atoms with Crippen LogP contribution in [0.5, 0.6) is 0 Å². The Hall–Kier alpha value is -2.40. The van der Waals surface area contributed by atoms with Gasteiger partial charge in [-0.1, -0.05) is 30.3 Å². The van der Waals surface area contributed by atoms with Gasteiger partial charge < -0.3 is 10.1 Å². The summed E-state index contributed by atoms with van der Waals surface area (Å²) in [7, 11) is 0. The van der Waals surface area contributed by atoms with Gasteiger partial charge in [0, 0.05) is 24.3 Å². The van der Waals surface area contributed by atoms with Gasteiger partial charge in [0.05, 0.1) is 0 Å². The van der Waals surface area contributed by atoms with E-state index in [0.717, 1.165) is 5.56 Å². The number of carbonyl (C=O) groups is 1. The highest BCUT2D eigenvalue weighted by molar-refractivity contribution is 5.84. The number of carbonyl (C=O) groups excluding carboxylic acids is 1. The Labute approximate surface area is 142 Å². The van der Waals surface area contributed by atoms with Crippen molar-refractivity contribution in [3.05, 3.63) is 65.5 Å². The van der Waals surface area contributed by atoms with Gasteiger partial charge in [0.2, 0.25) is 0 Å². The summed E-state index contributed by atoms with van der Waals surface area (Å²) in [6, 6.07) is 14.1. The first-order valence-electron chi connectivity index (χ1n) is 7.86. The quantitative estimate of drug-likeness (QED) is 0.851. The first kappa shape index (κ1) is 17.9. The van der Waals surface area contributed by atoms with E-state index in [-0.39, 0.29) is 5.82 Å². The van der Waals surface area contributed by atoms with Crippen LogP contribution < -0.4 is 10.6 Å². The van der Waals surface area contributed by atoms with E-state index in [9.17, 15) is 9.18 Å². The number of ether oxygens (including phenoxy) is 1. The van der Waals surface area contributed by atoms with Crippen molar-refractivity contribution in [2.45, 2.75) is 39.5 Å². The van der Waals surface area contributed by atoms with Gasteiger partial charge in [0.15, 0.2) is 0 Å². The number of nitrogens with one attached hydrogen (secondary N) is 2. The molecule has 0 heterocycles. The summed E-state index contributed by atoms with van der Waals surface area (Å²) < 4.78 is 18.7. The van der Waals surface area contributed by atoms with Crippen LogP contribution in [0.1, 0.15) is 31.9 Å². The summed E-state index contributed by atoms with van der Waals surface area (Å²) >= 11 is 0. The molecule has 0 atom stereocenters. The highest BCUT2D eigenvalue weighted by Crippen LogP contribution is 2.13. The second kappa shape index (κ2) is 7.93. The number of halogens is 1. The van der Waals surface area contributed by atoms with Crippen LogP contribution in [-0.2, 0) is 17.8 Å². The number of amides is 1. The molecule has 0 fully saturated rings. The van der Waals surface area contributed by atoms with E-state index < -0.39 is 11.7 Å². The van der Waals surface area contributed by atoms with Gasteiger partial charge in [-0.05, 0) is 44.5 Å². The lowest BCUT2D eigenvalue weighted by molar-refractivity contribution is 0.0636. The van der Waals surface area contributed by atoms with Gasteiger partial charge in [-0.15, -0.1) is 0 Å². The Morgan fingerprint density at radius 1 is 1.04 bits per heavy atom. The topological polar surface area (TPSA) is 50.4 Å². The third-order valence-electron chi connectivity index (χ3n) is 3.20. The zero-order valence-corrected chi connectivity index (χ0v) is 14.2. The van der Waals surface area contributed by atoms with Crippen LogP contribution in [0.25, 0.3) is 0 Å². The third-order valence-corrected chi connectivity index (χ3v) is 3.20. The minimum Gasteiger partial charge on any atom is -0.444 e. The molecule has 0 aliphatic heterocycles. The van der Waals surface area contributed by atoms with Crippen molar-refractivity contribution < 1.29 is 13.9 Å². The summed E-state index contributed by atoms with van der Waals surface area (Å²) in [5, 5.41) is 5.88. The average Bonchev–Trinajstić information content (AvgIpc) is 2.49. The van der Waals surface area contributed by atoms with E-state index in [1.165, 1.54) is 6.07 Å². The van der Waals surface area contributed by atoms with Gasteiger partial charge in [0.25, 0.3) is 0 Å². The van der Waals surface area contributed by atoms with Gasteiger partial charge >= 0.3 is 6.09 Å². The smallest absolute Gasteiger partial charge is 0.412 e. The maximum Gasteiger partial charge on any atom is 0.412 e. The van der Waals surface area contributed by atoms with Gasteiger partial charge in [-0.2, -0.15) is 0 Å². The Kier molecular flexibility index (Phi) is 5.93. The Balaban J connectivity index is 1.82. The van der Waals surface area contributed by atoms with E-state index in [2.05, 4.69) is 10.6 Å². The monoisotopic (exact) mass is 330 g/mol. The second-order valence-electron chi connectivity index (χ2n) is 6.52. The highest BCUT2D eigenvalue weighted by Gasteiger charge is 2.16. The normalized spacial score (nSPS) is 11.2. The fourth-order valence-corrected chi connectivity index (χ4v) is 2.11. The van der Waals surface area contributed by atoms with Crippen LogP contribution >= 0.6 is 0 Å². The van der Waals surface area contributed by atoms with Crippen molar-refractivity contribution in [1.29, 1.82) is 0 Å². The number of hydrogen-bond acceptors (Lipinski definition) is 3. The highest BCUT2D eigenvalue weighted by atomic mass is 19.1. The average molecular weight is 330 g/mol. The van der Waals surface area contributed by atoms with E-state index in [1.807, 2.05) is 51.1 Å². The zero-order valence-electron chi connectivity index (χ0n) is 14.2. The van der Waals surface area contributed by atoms with E-state index in [4.69, 9.17) is 4.74 Å². The molecule has 0 aliphatic carbocycles. The lowest BCUT2D eigenvalue weighted by Crippen LogP contribution is -2.27. The molecule has 2 aromatic rings. The predicted octanol–water partition coefficient (Wildman–Crippen LogP) is 4.46. The molecule has 0 saturated heterocycles. The Bertz CT molecular complexity index is 679. The van der Waals surface area contributed by atoms with Crippen LogP contribution in [0.4, 0.5) is 14.9 Å². The van der Waals surface area contributed by atoms with Crippen molar-refractivity contribution >= 4 is 11.8 Å². The van der Waals surface area contributed by atoms with Gasteiger partial charge in [-0.3, -0.25) is 5.32 Å². The van der Waals surface area contributed by atoms with Crippen LogP contribution in [0.2, 0.25) is 0 Å². The number of anilines is 1. The molecule has 0 spiro atoms. The van der Waals surface area contributed by atoms with Gasteiger partial charge in [0.1, 0.15) is 11.4 Å². The predicted molar refractivity (Wildman–Crippen MR) is 93.2 cm³/mol. The first-order chi connectivity index (χ1) is 11.3. The molecule has 0 saturated carbocycles. The molecule has 128 valence electrons. The summed E-state index contributed by atoms with van der Waals surface area (Å²) in [4.78, 5) is 11.7. The summed E-state index contributed by atoms with van der Waals surface area (Å²) in [5.41, 5.74) is 1.82. The number of hydrogen-bond donors (Lipinski definition) is 2. The molecule has 0 bridgehead atoms. The first-order valence-corrected chi connectivity index (χ1v) is 7.86. The van der Waals surface area contributed by atoms with Crippen molar-refractivity contribution in [2.75, 3.05) is 5.32 Å². The zero-order chi connectivity index (χ0) is 17.6. The third kappa shape index (κ3) is 6.01. The molecule has 1 amide bonds. The molecular weight excluding hydrogens is 307 g/mol. The fourth-order valence-electron chi connectivity index (χ4n) is 2.11. The molecule has 0 unspecified atom stereocenters. The SMILES string of the molecule is CC(C)(C)OC(=O)Nc1ccc(CNCc2ccccc2F)cc1. The standard InChI is InChI=1S/C19H23FN2O2/c1-19(2,3)24-18(23)22-16-10-8-14(9-11-16)12-21-13-15-6-4-5-7-17(15)20/h4-11,21H,12-13H2,1-3H3,(H,22,23). The summed E-state index contributed by atoms with van der Waals surface area (Å²) in [6.45, 7) is 6.52. The largest absolute Gasteiger partial charge is 0.444 e. The Morgan fingerprint density at radius 3 is 2.33 bits per heavy atom. The van der Waals surface area contributed by atoms with Crippen molar-refractivity contribution in [3.63, 3.8) is 0 Å².